The van der Waals surface area contributed by atoms with E-state index in [1.807, 2.05) is 0 Å². The molecule has 182 valence electrons. The standard InChI is InChI=1S/C17H15.C14H17.2CH3.Si.Ti/c1-2-13-11-15-9-6-10-16(17(15)12-13)14-7-4-3-5-8-14;1-4-11-8-12-6-5-7-13(10(2)3)14(12)9-11;;;;/h3-12H,2H2,1H3;5-10H,4H2,1-3H3;2*1H3;;/q4*-1;;. The first kappa shape index (κ1) is 30.8. The Labute approximate surface area is 227 Å². The van der Waals surface area contributed by atoms with E-state index in [0.29, 0.717) is 5.92 Å². The van der Waals surface area contributed by atoms with Crippen molar-refractivity contribution in [1.29, 1.82) is 0 Å². The van der Waals surface area contributed by atoms with E-state index in [1.165, 1.54) is 49.4 Å². The summed E-state index contributed by atoms with van der Waals surface area (Å²) < 4.78 is 0. The molecule has 5 aromatic carbocycles. The average molecular weight is 511 g/mol. The van der Waals surface area contributed by atoms with E-state index in [2.05, 4.69) is 126 Å². The van der Waals surface area contributed by atoms with E-state index in [4.69, 9.17) is 0 Å². The number of rotatable bonds is 4. The van der Waals surface area contributed by atoms with Crippen molar-refractivity contribution < 1.29 is 19.2 Å². The van der Waals surface area contributed by atoms with Crippen molar-refractivity contribution in [2.45, 2.75) is 46.5 Å². The molecule has 0 saturated carbocycles. The fourth-order valence-corrected chi connectivity index (χ4v) is 4.40. The third-order valence-electron chi connectivity index (χ3n) is 6.18. The van der Waals surface area contributed by atoms with Crippen LogP contribution in [-0.2, 0) is 32.0 Å². The summed E-state index contributed by atoms with van der Waals surface area (Å²) in [5, 5.41) is 5.56. The quantitative estimate of drug-likeness (QED) is 0.167. The first-order valence-electron chi connectivity index (χ1n) is 11.8. The molecule has 0 amide bonds. The normalized spacial score (nSPS) is 9.94. The monoisotopic (exact) mass is 510 g/mol. The van der Waals surface area contributed by atoms with Crippen LogP contribution in [0.3, 0.4) is 0 Å². The third kappa shape index (κ3) is 7.40. The Balaban J connectivity index is 0.000000315. The van der Waals surface area contributed by atoms with E-state index in [9.17, 15) is 0 Å². The molecule has 0 aromatic heterocycles. The Bertz CT molecular complexity index is 1290. The summed E-state index contributed by atoms with van der Waals surface area (Å²) in [5.74, 6) is 0.616. The number of hydrogen-bond donors (Lipinski definition) is 0. The van der Waals surface area contributed by atoms with Gasteiger partial charge in [0.1, 0.15) is 0 Å². The predicted molar refractivity (Wildman–Crippen MR) is 156 cm³/mol. The molecule has 2 heteroatoms. The first-order chi connectivity index (χ1) is 16.1. The van der Waals surface area contributed by atoms with Crippen LogP contribution in [0.1, 0.15) is 50.3 Å². The average Bonchev–Trinajstić information content (AvgIpc) is 3.49. The topological polar surface area (TPSA) is 0 Å². The molecule has 35 heavy (non-hydrogen) atoms. The van der Waals surface area contributed by atoms with Gasteiger partial charge in [0.2, 0.25) is 0 Å². The molecule has 0 bridgehead atoms. The van der Waals surface area contributed by atoms with Crippen molar-refractivity contribution in [3.8, 4) is 11.1 Å². The summed E-state index contributed by atoms with van der Waals surface area (Å²) in [7, 11) is 2.97. The second-order valence-corrected chi connectivity index (χ2v) is 8.61. The Morgan fingerprint density at radius 2 is 1.20 bits per heavy atom. The molecular weight excluding hydrogens is 472 g/mol. The van der Waals surface area contributed by atoms with Gasteiger partial charge in [-0.2, -0.15) is 12.1 Å². The Hall–Kier alpha value is -2.19. The second kappa shape index (κ2) is 15.0. The van der Waals surface area contributed by atoms with E-state index in [0.717, 1.165) is 12.8 Å². The Morgan fingerprint density at radius 3 is 1.74 bits per heavy atom. The van der Waals surface area contributed by atoms with Crippen LogP contribution in [-0.4, -0.2) is 7.63 Å². The molecule has 0 saturated heterocycles. The summed E-state index contributed by atoms with van der Waals surface area (Å²) in [4.78, 5) is 0. The van der Waals surface area contributed by atoms with E-state index in [1.54, 1.807) is 19.2 Å². The van der Waals surface area contributed by atoms with Crippen molar-refractivity contribution in [2.24, 2.45) is 0 Å². The van der Waals surface area contributed by atoms with Gasteiger partial charge in [-0.15, -0.1) is 69.1 Å². The van der Waals surface area contributed by atoms with Gasteiger partial charge >= 0.3 is 26.8 Å². The summed E-state index contributed by atoms with van der Waals surface area (Å²) >= 11 is 1.81. The van der Waals surface area contributed by atoms with Crippen molar-refractivity contribution >= 4 is 29.2 Å². The van der Waals surface area contributed by atoms with Crippen LogP contribution in [0, 0.1) is 14.9 Å². The van der Waals surface area contributed by atoms with E-state index in [-0.39, 0.29) is 14.9 Å². The summed E-state index contributed by atoms with van der Waals surface area (Å²) in [6.07, 6.45) is 2.23. The van der Waals surface area contributed by atoms with Crippen molar-refractivity contribution in [2.75, 3.05) is 0 Å². The third-order valence-corrected chi connectivity index (χ3v) is 6.18. The van der Waals surface area contributed by atoms with Crippen LogP contribution in [0.25, 0.3) is 32.7 Å². The van der Waals surface area contributed by atoms with Crippen LogP contribution in [0.4, 0.5) is 0 Å². The predicted octanol–water partition coefficient (Wildman–Crippen LogP) is 9.55. The molecule has 0 spiro atoms. The summed E-state index contributed by atoms with van der Waals surface area (Å²) in [6.45, 7) is 8.93. The van der Waals surface area contributed by atoms with Crippen LogP contribution in [0.5, 0.6) is 0 Å². The molecule has 0 nitrogen and oxygen atoms in total. The molecule has 0 aliphatic heterocycles. The van der Waals surface area contributed by atoms with Crippen LogP contribution < -0.4 is 0 Å². The van der Waals surface area contributed by atoms with Gasteiger partial charge in [0.25, 0.3) is 0 Å². The Morgan fingerprint density at radius 1 is 0.686 bits per heavy atom. The molecule has 5 rings (SSSR count). The zero-order valence-electron chi connectivity index (χ0n) is 22.2. The zero-order valence-corrected chi connectivity index (χ0v) is 24.7. The van der Waals surface area contributed by atoms with Crippen molar-refractivity contribution in [3.63, 3.8) is 0 Å². The second-order valence-electron chi connectivity index (χ2n) is 8.61. The van der Waals surface area contributed by atoms with Gasteiger partial charge in [-0.3, -0.25) is 0 Å². The number of aryl methyl sites for hydroxylation is 2. The van der Waals surface area contributed by atoms with Crippen molar-refractivity contribution in [3.05, 3.63) is 123 Å². The first-order valence-corrected chi connectivity index (χ1v) is 14.6. The van der Waals surface area contributed by atoms with Gasteiger partial charge in [-0.25, -0.2) is 0 Å². The molecular formula is C33H38SiTi-4. The molecule has 0 aliphatic rings. The molecule has 0 atom stereocenters. The SMILES string of the molecule is CCc1cc2c(-c3ccccc3)cccc2[cH-]1.CCc1cc2c(C(C)C)cccc2[cH-]1.[CH3-].[CH3-].[Si]=[Ti]. The summed E-state index contributed by atoms with van der Waals surface area (Å²) in [5.41, 5.74) is 6.98. The molecule has 0 fully saturated rings. The van der Waals surface area contributed by atoms with Gasteiger partial charge in [0.05, 0.1) is 0 Å². The van der Waals surface area contributed by atoms with E-state index >= 15 is 0 Å². The van der Waals surface area contributed by atoms with Gasteiger partial charge in [0.15, 0.2) is 0 Å². The zero-order chi connectivity index (χ0) is 23.8. The van der Waals surface area contributed by atoms with Crippen LogP contribution in [0.15, 0.2) is 91.0 Å². The number of benzene rings is 3. The molecule has 0 heterocycles. The Kier molecular flexibility index (Phi) is 13.3. The van der Waals surface area contributed by atoms with E-state index < -0.39 is 0 Å². The minimum atomic E-state index is 0. The van der Waals surface area contributed by atoms with Crippen LogP contribution >= 0.6 is 0 Å². The molecule has 0 aliphatic carbocycles. The molecule has 0 N–H and O–H groups in total. The fourth-order valence-electron chi connectivity index (χ4n) is 4.40. The maximum absolute atomic E-state index is 2.97. The number of hydrogen-bond acceptors (Lipinski definition) is 0. The van der Waals surface area contributed by atoms with Gasteiger partial charge in [0, 0.05) is 0 Å². The minimum absolute atomic E-state index is 0. The van der Waals surface area contributed by atoms with Crippen molar-refractivity contribution in [1.82, 2.24) is 0 Å². The fraction of sp³-hybridized carbons (Fsp3) is 0.212. The van der Waals surface area contributed by atoms with Gasteiger partial charge in [-0.1, -0.05) is 81.3 Å². The van der Waals surface area contributed by atoms with Crippen LogP contribution in [0.2, 0.25) is 0 Å². The maximum atomic E-state index is 2.97. The molecule has 0 unspecified atom stereocenters. The number of fused-ring (bicyclic) bond motifs is 2. The molecule has 5 aromatic rings. The van der Waals surface area contributed by atoms with Gasteiger partial charge < -0.3 is 14.9 Å². The molecule has 2 radical (unpaired) electrons. The summed E-state index contributed by atoms with van der Waals surface area (Å²) in [6, 6.07) is 33.0. The van der Waals surface area contributed by atoms with Gasteiger partial charge in [-0.05, 0) is 24.3 Å².